The van der Waals surface area contributed by atoms with Gasteiger partial charge in [-0.25, -0.2) is 0 Å². The molecule has 4 nitrogen and oxygen atoms in total. The molecule has 76 valence electrons. The first-order valence-electron chi connectivity index (χ1n) is 4.98. The van der Waals surface area contributed by atoms with Crippen LogP contribution in [-0.2, 0) is 9.59 Å². The van der Waals surface area contributed by atoms with Crippen LogP contribution >= 0.6 is 11.8 Å². The molecule has 0 aliphatic carbocycles. The molecule has 0 bridgehead atoms. The summed E-state index contributed by atoms with van der Waals surface area (Å²) in [5, 5.41) is 0. The molecule has 3 heterocycles. The van der Waals surface area contributed by atoms with Crippen molar-refractivity contribution in [2.24, 2.45) is 0 Å². The lowest BCUT2D eigenvalue weighted by atomic mass is 10.1. The third-order valence-electron chi connectivity index (χ3n) is 3.27. The molecule has 3 fully saturated rings. The topological polar surface area (TPSA) is 40.6 Å². The molecule has 0 aromatic heterocycles. The fraction of sp³-hybridized carbons (Fsp3) is 0.778. The van der Waals surface area contributed by atoms with E-state index in [9.17, 15) is 9.59 Å². The van der Waals surface area contributed by atoms with Crippen LogP contribution in [0.4, 0.5) is 0 Å². The Balaban J connectivity index is 1.96. The molecule has 0 radical (unpaired) electrons. The van der Waals surface area contributed by atoms with Crippen molar-refractivity contribution < 1.29 is 9.59 Å². The summed E-state index contributed by atoms with van der Waals surface area (Å²) in [4.78, 5) is 27.5. The summed E-state index contributed by atoms with van der Waals surface area (Å²) in [6.07, 6.45) is 1.84. The molecule has 3 saturated heterocycles. The predicted molar refractivity (Wildman–Crippen MR) is 52.7 cm³/mol. The molecule has 2 atom stereocenters. The second kappa shape index (κ2) is 2.89. The number of rotatable bonds is 0. The van der Waals surface area contributed by atoms with Crippen molar-refractivity contribution in [3.05, 3.63) is 0 Å². The van der Waals surface area contributed by atoms with Crippen molar-refractivity contribution in [2.75, 3.05) is 18.2 Å². The number of hydrogen-bond acceptors (Lipinski definition) is 3. The number of amides is 2. The molecular formula is C9H12N2O2S. The van der Waals surface area contributed by atoms with Crippen molar-refractivity contribution in [1.29, 1.82) is 0 Å². The van der Waals surface area contributed by atoms with E-state index in [1.165, 1.54) is 0 Å². The molecule has 2 amide bonds. The van der Waals surface area contributed by atoms with E-state index in [0.29, 0.717) is 5.88 Å². The van der Waals surface area contributed by atoms with Crippen molar-refractivity contribution in [2.45, 2.75) is 24.9 Å². The Morgan fingerprint density at radius 1 is 1.14 bits per heavy atom. The second-order valence-corrected chi connectivity index (χ2v) is 5.01. The lowest BCUT2D eigenvalue weighted by molar-refractivity contribution is -0.156. The van der Waals surface area contributed by atoms with Gasteiger partial charge in [0.2, 0.25) is 11.8 Å². The summed E-state index contributed by atoms with van der Waals surface area (Å²) in [6, 6.07) is -0.278. The highest BCUT2D eigenvalue weighted by molar-refractivity contribution is 7.99. The minimum Gasteiger partial charge on any atom is -0.329 e. The Hall–Kier alpha value is -0.710. The van der Waals surface area contributed by atoms with Gasteiger partial charge in [0, 0.05) is 12.3 Å². The van der Waals surface area contributed by atoms with Gasteiger partial charge < -0.3 is 9.80 Å². The van der Waals surface area contributed by atoms with Crippen LogP contribution in [0.25, 0.3) is 0 Å². The summed E-state index contributed by atoms with van der Waals surface area (Å²) >= 11 is 1.68. The fourth-order valence-corrected chi connectivity index (χ4v) is 3.69. The standard InChI is InChI=1S/C9H12N2O2S/c12-8-6-2-1-3-10(6)9(13)7-4-14-5-11(7)8/h6-7H,1-5H2/t6-,7+/m0/s1. The maximum Gasteiger partial charge on any atom is 0.246 e. The smallest absolute Gasteiger partial charge is 0.246 e. The van der Waals surface area contributed by atoms with Gasteiger partial charge in [-0.1, -0.05) is 0 Å². The molecular weight excluding hydrogens is 200 g/mol. The highest BCUT2D eigenvalue weighted by Crippen LogP contribution is 2.32. The maximum atomic E-state index is 12.0. The van der Waals surface area contributed by atoms with E-state index in [1.54, 1.807) is 21.6 Å². The van der Waals surface area contributed by atoms with E-state index >= 15 is 0 Å². The van der Waals surface area contributed by atoms with Crippen molar-refractivity contribution in [3.8, 4) is 0 Å². The predicted octanol–water partition coefficient (Wildman–Crippen LogP) is -0.108. The van der Waals surface area contributed by atoms with E-state index in [0.717, 1.165) is 25.1 Å². The zero-order chi connectivity index (χ0) is 9.71. The molecule has 3 rings (SSSR count). The van der Waals surface area contributed by atoms with Gasteiger partial charge in [0.1, 0.15) is 12.1 Å². The van der Waals surface area contributed by atoms with E-state index in [-0.39, 0.29) is 23.9 Å². The molecule has 0 N–H and O–H groups in total. The molecule has 0 spiro atoms. The molecule has 0 unspecified atom stereocenters. The summed E-state index contributed by atoms with van der Waals surface area (Å²) < 4.78 is 0. The van der Waals surface area contributed by atoms with Crippen LogP contribution in [0.5, 0.6) is 0 Å². The number of nitrogens with zero attached hydrogens (tertiary/aromatic N) is 2. The monoisotopic (exact) mass is 212 g/mol. The zero-order valence-corrected chi connectivity index (χ0v) is 8.63. The van der Waals surface area contributed by atoms with Gasteiger partial charge in [0.15, 0.2) is 0 Å². The third kappa shape index (κ3) is 0.960. The first-order chi connectivity index (χ1) is 6.79. The first kappa shape index (κ1) is 8.59. The van der Waals surface area contributed by atoms with Crippen LogP contribution in [0.15, 0.2) is 0 Å². The molecule has 0 aromatic carbocycles. The molecule has 5 heteroatoms. The van der Waals surface area contributed by atoms with E-state index in [2.05, 4.69) is 0 Å². The van der Waals surface area contributed by atoms with Crippen LogP contribution in [0, 0.1) is 0 Å². The zero-order valence-electron chi connectivity index (χ0n) is 7.81. The van der Waals surface area contributed by atoms with Gasteiger partial charge in [0.25, 0.3) is 0 Å². The number of carbonyl (C=O) groups excluding carboxylic acids is 2. The number of hydrogen-bond donors (Lipinski definition) is 0. The fourth-order valence-electron chi connectivity index (χ4n) is 2.53. The van der Waals surface area contributed by atoms with Crippen LogP contribution in [0.2, 0.25) is 0 Å². The van der Waals surface area contributed by atoms with Crippen LogP contribution < -0.4 is 0 Å². The lowest BCUT2D eigenvalue weighted by Gasteiger charge is -2.38. The van der Waals surface area contributed by atoms with E-state index in [4.69, 9.17) is 0 Å². The normalized spacial score (nSPS) is 36.3. The van der Waals surface area contributed by atoms with E-state index in [1.807, 2.05) is 0 Å². The Morgan fingerprint density at radius 3 is 2.79 bits per heavy atom. The molecule has 3 aliphatic rings. The van der Waals surface area contributed by atoms with Gasteiger partial charge in [-0.3, -0.25) is 9.59 Å². The summed E-state index contributed by atoms with van der Waals surface area (Å²) in [5.41, 5.74) is 0. The number of piperazine rings is 1. The first-order valence-corrected chi connectivity index (χ1v) is 6.13. The average Bonchev–Trinajstić information content (AvgIpc) is 2.82. The molecule has 14 heavy (non-hydrogen) atoms. The summed E-state index contributed by atoms with van der Waals surface area (Å²) in [6.45, 7) is 0.782. The Labute approximate surface area is 86.6 Å². The van der Waals surface area contributed by atoms with Crippen LogP contribution in [0.1, 0.15) is 12.8 Å². The molecule has 0 saturated carbocycles. The number of carbonyl (C=O) groups is 2. The highest BCUT2D eigenvalue weighted by Gasteiger charge is 2.49. The quantitative estimate of drug-likeness (QED) is 0.562. The van der Waals surface area contributed by atoms with Crippen molar-refractivity contribution in [1.82, 2.24) is 9.80 Å². The van der Waals surface area contributed by atoms with Crippen molar-refractivity contribution >= 4 is 23.6 Å². The third-order valence-corrected chi connectivity index (χ3v) is 4.28. The van der Waals surface area contributed by atoms with Gasteiger partial charge in [-0.15, -0.1) is 11.8 Å². The highest BCUT2D eigenvalue weighted by atomic mass is 32.2. The minimum atomic E-state index is -0.151. The van der Waals surface area contributed by atoms with Crippen molar-refractivity contribution in [3.63, 3.8) is 0 Å². The largest absolute Gasteiger partial charge is 0.329 e. The lowest BCUT2D eigenvalue weighted by Crippen LogP contribution is -2.61. The molecule has 0 aromatic rings. The van der Waals surface area contributed by atoms with E-state index < -0.39 is 0 Å². The van der Waals surface area contributed by atoms with Crippen LogP contribution in [0.3, 0.4) is 0 Å². The number of fused-ring (bicyclic) bond motifs is 2. The van der Waals surface area contributed by atoms with Gasteiger partial charge in [-0.2, -0.15) is 0 Å². The van der Waals surface area contributed by atoms with Gasteiger partial charge in [-0.05, 0) is 12.8 Å². The van der Waals surface area contributed by atoms with Gasteiger partial charge in [0.05, 0.1) is 5.88 Å². The Morgan fingerprint density at radius 2 is 1.93 bits per heavy atom. The molecule has 3 aliphatic heterocycles. The van der Waals surface area contributed by atoms with Gasteiger partial charge >= 0.3 is 0 Å². The minimum absolute atomic E-state index is 0.127. The second-order valence-electron chi connectivity index (χ2n) is 4.01. The Kier molecular flexibility index (Phi) is 1.77. The van der Waals surface area contributed by atoms with Crippen LogP contribution in [-0.4, -0.2) is 51.9 Å². The number of thioether (sulfide) groups is 1. The Bertz CT molecular complexity index is 253. The summed E-state index contributed by atoms with van der Waals surface area (Å²) in [7, 11) is 0. The SMILES string of the molecule is O=C1[C@@H]2CCCN2C(=O)[C@H]2CSCN12. The maximum absolute atomic E-state index is 12.0. The average molecular weight is 212 g/mol. The summed E-state index contributed by atoms with van der Waals surface area (Å²) in [5.74, 6) is 1.85.